The number of ketones is 2. The smallest absolute Gasteiger partial charge is 0.255 e. The summed E-state index contributed by atoms with van der Waals surface area (Å²) in [6.07, 6.45) is 13.8. The number of amides is 2. The van der Waals surface area contributed by atoms with Gasteiger partial charge in [-0.3, -0.25) is 24.1 Å². The van der Waals surface area contributed by atoms with Crippen molar-refractivity contribution in [3.8, 4) is 5.75 Å². The van der Waals surface area contributed by atoms with E-state index in [0.29, 0.717) is 12.0 Å². The average Bonchev–Trinajstić information content (AvgIpc) is 3.05. The summed E-state index contributed by atoms with van der Waals surface area (Å²) in [5.41, 5.74) is 1.01. The number of hydrogen-bond acceptors (Lipinski definition) is 10. The third-order valence-electron chi connectivity index (χ3n) is 10.9. The molecule has 0 spiro atoms. The number of benzene rings is 1. The Kier molecular flexibility index (Phi) is 12.9. The number of nitrogens with one attached hydrogen (secondary N) is 1. The molecular formula is C38H55N3O9. The molecule has 4 rings (SSSR count). The molecule has 0 saturated carbocycles. The van der Waals surface area contributed by atoms with Crippen LogP contribution < -0.4 is 11.1 Å². The normalized spacial score (nSPS) is 26.2. The number of rotatable bonds is 17. The molecule has 3 aliphatic carbocycles. The molecule has 0 fully saturated rings. The molecule has 276 valence electrons. The van der Waals surface area contributed by atoms with Crippen molar-refractivity contribution in [2.45, 2.75) is 127 Å². The number of fused-ring (bicyclic) bond motifs is 3. The number of primary amides is 1. The summed E-state index contributed by atoms with van der Waals surface area (Å²) < 4.78 is 0. The molecule has 0 aliphatic heterocycles. The van der Waals surface area contributed by atoms with E-state index in [2.05, 4.69) is 12.2 Å². The maximum atomic E-state index is 14.1. The van der Waals surface area contributed by atoms with Crippen LogP contribution in [-0.2, 0) is 14.4 Å². The van der Waals surface area contributed by atoms with Crippen LogP contribution in [0.1, 0.15) is 126 Å². The van der Waals surface area contributed by atoms with Crippen LogP contribution in [0.4, 0.5) is 5.69 Å². The maximum absolute atomic E-state index is 14.1. The zero-order valence-electron chi connectivity index (χ0n) is 29.8. The molecule has 2 unspecified atom stereocenters. The average molecular weight is 698 g/mol. The maximum Gasteiger partial charge on any atom is 0.255 e. The second-order valence-electron chi connectivity index (χ2n) is 14.5. The molecule has 0 heterocycles. The Morgan fingerprint density at radius 1 is 0.900 bits per heavy atom. The molecule has 8 N–H and O–H groups in total. The number of aromatic hydroxyl groups is 1. The summed E-state index contributed by atoms with van der Waals surface area (Å²) in [7, 11) is 2.96. The highest BCUT2D eigenvalue weighted by Gasteiger charge is 2.67. The highest BCUT2D eigenvalue weighted by atomic mass is 16.4. The first-order valence-electron chi connectivity index (χ1n) is 18.2. The van der Waals surface area contributed by atoms with Crippen molar-refractivity contribution in [1.29, 1.82) is 0 Å². The molecule has 50 heavy (non-hydrogen) atoms. The van der Waals surface area contributed by atoms with Crippen LogP contribution in [0.2, 0.25) is 0 Å². The van der Waals surface area contributed by atoms with Crippen LogP contribution in [0.25, 0.3) is 0 Å². The lowest BCUT2D eigenvalue weighted by Crippen LogP contribution is -2.68. The fourth-order valence-corrected chi connectivity index (χ4v) is 8.24. The van der Waals surface area contributed by atoms with Crippen molar-refractivity contribution in [1.82, 2.24) is 4.90 Å². The van der Waals surface area contributed by atoms with Crippen molar-refractivity contribution >= 4 is 29.1 Å². The van der Waals surface area contributed by atoms with E-state index in [9.17, 15) is 44.7 Å². The van der Waals surface area contributed by atoms with Gasteiger partial charge in [0.15, 0.2) is 17.1 Å². The van der Waals surface area contributed by atoms with Crippen LogP contribution in [0.15, 0.2) is 34.8 Å². The number of carbonyl (C=O) groups excluding carboxylic acids is 4. The molecule has 2 amide bonds. The topological polar surface area (TPSA) is 211 Å². The Bertz CT molecular complexity index is 1530. The van der Waals surface area contributed by atoms with Crippen LogP contribution in [0.3, 0.4) is 0 Å². The second-order valence-corrected chi connectivity index (χ2v) is 14.5. The van der Waals surface area contributed by atoms with Gasteiger partial charge < -0.3 is 36.6 Å². The van der Waals surface area contributed by atoms with Gasteiger partial charge in [0.2, 0.25) is 11.7 Å². The van der Waals surface area contributed by atoms with E-state index >= 15 is 0 Å². The monoisotopic (exact) mass is 697 g/mol. The van der Waals surface area contributed by atoms with Gasteiger partial charge in [-0.05, 0) is 38.1 Å². The molecule has 1 aromatic carbocycles. The van der Waals surface area contributed by atoms with Crippen LogP contribution in [0, 0.1) is 11.8 Å². The SMILES string of the molecule is CCCCCCCCCCCCCCCC(=O)Nc1ccc2c(c1O)C(=O)C1=C(O)[C@]3(O)C(=O)C(C(N)=O)=C(O)[C@@H](N(C)C)C3[C@@H](O)C1[C@H]2C. The molecular weight excluding hydrogens is 642 g/mol. The number of nitrogens with two attached hydrogens (primary N) is 1. The number of unbranched alkanes of at least 4 members (excludes halogenated alkanes) is 12. The quantitative estimate of drug-likeness (QED) is 0.0652. The van der Waals surface area contributed by atoms with Gasteiger partial charge in [-0.2, -0.15) is 0 Å². The van der Waals surface area contributed by atoms with Gasteiger partial charge in [0.05, 0.1) is 29.3 Å². The Labute approximate surface area is 294 Å². The van der Waals surface area contributed by atoms with Gasteiger partial charge in [-0.15, -0.1) is 0 Å². The van der Waals surface area contributed by atoms with E-state index in [-0.39, 0.29) is 23.6 Å². The van der Waals surface area contributed by atoms with Gasteiger partial charge in [0, 0.05) is 17.9 Å². The zero-order valence-corrected chi connectivity index (χ0v) is 29.8. The summed E-state index contributed by atoms with van der Waals surface area (Å²) in [4.78, 5) is 54.0. The minimum Gasteiger partial charge on any atom is -0.510 e. The number of nitrogens with zero attached hydrogens (tertiary/aromatic N) is 1. The summed E-state index contributed by atoms with van der Waals surface area (Å²) in [5.74, 6) is -9.96. The van der Waals surface area contributed by atoms with E-state index in [1.165, 1.54) is 82.8 Å². The third kappa shape index (κ3) is 7.34. The second kappa shape index (κ2) is 16.5. The number of phenolic OH excluding ortho intramolecular Hbond substituents is 1. The van der Waals surface area contributed by atoms with Crippen LogP contribution in [0.5, 0.6) is 5.75 Å². The number of aliphatic hydroxyl groups is 4. The van der Waals surface area contributed by atoms with Gasteiger partial charge in [-0.1, -0.05) is 97.0 Å². The molecule has 0 bridgehead atoms. The van der Waals surface area contributed by atoms with Gasteiger partial charge in [-0.25, -0.2) is 0 Å². The Balaban J connectivity index is 1.45. The summed E-state index contributed by atoms with van der Waals surface area (Å²) in [5, 5.41) is 60.0. The van der Waals surface area contributed by atoms with Gasteiger partial charge in [0.25, 0.3) is 5.91 Å². The minimum absolute atomic E-state index is 0.0132. The number of phenols is 1. The molecule has 0 saturated heterocycles. The first-order valence-corrected chi connectivity index (χ1v) is 18.2. The Morgan fingerprint density at radius 3 is 1.96 bits per heavy atom. The Hall–Kier alpha value is -3.74. The summed E-state index contributed by atoms with van der Waals surface area (Å²) >= 11 is 0. The number of hydrogen-bond donors (Lipinski definition) is 7. The lowest BCUT2D eigenvalue weighted by Gasteiger charge is -2.53. The lowest BCUT2D eigenvalue weighted by molar-refractivity contribution is -0.162. The van der Waals surface area contributed by atoms with E-state index in [4.69, 9.17) is 5.73 Å². The number of anilines is 1. The first kappa shape index (κ1) is 39.1. The van der Waals surface area contributed by atoms with E-state index < -0.39 is 81.4 Å². The van der Waals surface area contributed by atoms with Crippen molar-refractivity contribution < 1.29 is 44.7 Å². The molecule has 0 aromatic heterocycles. The number of likely N-dealkylation sites (N-methyl/N-ethyl adjacent to an activating group) is 1. The molecule has 3 aliphatic rings. The highest BCUT2D eigenvalue weighted by Crippen LogP contribution is 2.56. The number of aliphatic hydroxyl groups excluding tert-OH is 3. The molecule has 12 heteroatoms. The van der Waals surface area contributed by atoms with Crippen LogP contribution in [-0.4, -0.2) is 85.7 Å². The fourth-order valence-electron chi connectivity index (χ4n) is 8.24. The predicted molar refractivity (Wildman–Crippen MR) is 189 cm³/mol. The van der Waals surface area contributed by atoms with Crippen molar-refractivity contribution in [3.05, 3.63) is 45.9 Å². The predicted octanol–water partition coefficient (Wildman–Crippen LogP) is 5.07. The van der Waals surface area contributed by atoms with Gasteiger partial charge in [0.1, 0.15) is 17.1 Å². The summed E-state index contributed by atoms with van der Waals surface area (Å²) in [6, 6.07) is 1.70. The van der Waals surface area contributed by atoms with E-state index in [1.807, 2.05) is 0 Å². The Morgan fingerprint density at radius 2 is 1.44 bits per heavy atom. The molecule has 0 radical (unpaired) electrons. The summed E-state index contributed by atoms with van der Waals surface area (Å²) in [6.45, 7) is 3.88. The molecule has 1 aromatic rings. The minimum atomic E-state index is -2.99. The largest absolute Gasteiger partial charge is 0.510 e. The van der Waals surface area contributed by atoms with E-state index in [1.54, 1.807) is 13.0 Å². The van der Waals surface area contributed by atoms with E-state index in [0.717, 1.165) is 19.3 Å². The zero-order chi connectivity index (χ0) is 36.9. The number of Topliss-reactive ketones (excluding diaryl/α,β-unsaturated/α-hetero) is 2. The van der Waals surface area contributed by atoms with Crippen molar-refractivity contribution in [2.24, 2.45) is 17.6 Å². The van der Waals surface area contributed by atoms with Crippen LogP contribution >= 0.6 is 0 Å². The van der Waals surface area contributed by atoms with Gasteiger partial charge >= 0.3 is 0 Å². The highest BCUT2D eigenvalue weighted by molar-refractivity contribution is 6.25. The van der Waals surface area contributed by atoms with Crippen molar-refractivity contribution in [3.63, 3.8) is 0 Å². The standard InChI is InChI=1S/C38H55N3O9/c1-5-6-7-8-9-10-11-12-13-14-15-16-17-18-24(42)40-23-20-19-22-21(2)25-27(32(44)26(22)31(23)43)35(47)38(50)29(33(25)45)30(41(3)4)34(46)28(36(38)48)37(39)49/h19-21,25,29-30,33,43,45-47,50H,5-18H2,1-4H3,(H2,39,49)(H,40,42)/t21-,25?,29?,30-,33-,38-/m0/s1. The van der Waals surface area contributed by atoms with Crippen molar-refractivity contribution in [2.75, 3.05) is 19.4 Å². The third-order valence-corrected chi connectivity index (χ3v) is 10.9. The number of carbonyl (C=O) groups is 4. The lowest BCUT2D eigenvalue weighted by atomic mass is 9.55. The first-order chi connectivity index (χ1) is 23.7. The molecule has 12 nitrogen and oxygen atoms in total. The molecule has 6 atom stereocenters. The fraction of sp³-hybridized carbons (Fsp3) is 0.632.